The summed E-state index contributed by atoms with van der Waals surface area (Å²) in [6, 6.07) is 10.1. The lowest BCUT2D eigenvalue weighted by Gasteiger charge is -2.04. The molecule has 0 aliphatic heterocycles. The molecule has 1 aromatic heterocycles. The van der Waals surface area contributed by atoms with Gasteiger partial charge in [-0.05, 0) is 6.07 Å². The van der Waals surface area contributed by atoms with Crippen molar-refractivity contribution < 1.29 is 13.9 Å². The van der Waals surface area contributed by atoms with Gasteiger partial charge in [0.15, 0.2) is 0 Å². The van der Waals surface area contributed by atoms with Crippen molar-refractivity contribution >= 4 is 5.97 Å². The minimum Gasteiger partial charge on any atom is -0.465 e. The summed E-state index contributed by atoms with van der Waals surface area (Å²) in [4.78, 5) is 15.1. The zero-order chi connectivity index (χ0) is 12.3. The van der Waals surface area contributed by atoms with Crippen LogP contribution >= 0.6 is 0 Å². The van der Waals surface area contributed by atoms with Crippen LogP contribution in [0.3, 0.4) is 0 Å². The number of pyridine rings is 1. The van der Waals surface area contributed by atoms with Crippen molar-refractivity contribution in [1.29, 1.82) is 0 Å². The summed E-state index contributed by atoms with van der Waals surface area (Å²) >= 11 is 0. The van der Waals surface area contributed by atoms with Crippen molar-refractivity contribution in [3.63, 3.8) is 0 Å². The zero-order valence-electron chi connectivity index (χ0n) is 9.18. The van der Waals surface area contributed by atoms with Crippen molar-refractivity contribution in [3.8, 4) is 11.3 Å². The number of methoxy groups -OCH3 is 1. The summed E-state index contributed by atoms with van der Waals surface area (Å²) in [6.45, 7) is 0. The largest absolute Gasteiger partial charge is 0.465 e. The summed E-state index contributed by atoms with van der Waals surface area (Å²) in [5.41, 5.74) is 0.990. The van der Waals surface area contributed by atoms with E-state index in [0.29, 0.717) is 5.56 Å². The molecule has 4 heteroatoms. The number of hydrogen-bond acceptors (Lipinski definition) is 3. The predicted octanol–water partition coefficient (Wildman–Crippen LogP) is 2.67. The van der Waals surface area contributed by atoms with E-state index in [4.69, 9.17) is 0 Å². The maximum Gasteiger partial charge on any atom is 0.339 e. The van der Waals surface area contributed by atoms with Gasteiger partial charge in [-0.2, -0.15) is 0 Å². The summed E-state index contributed by atoms with van der Waals surface area (Å²) in [5.74, 6) is -1.14. The van der Waals surface area contributed by atoms with Crippen LogP contribution in [-0.4, -0.2) is 18.1 Å². The fourth-order valence-electron chi connectivity index (χ4n) is 1.48. The third-order valence-corrected chi connectivity index (χ3v) is 2.31. The van der Waals surface area contributed by atoms with Crippen LogP contribution in [0.1, 0.15) is 10.4 Å². The molecule has 86 valence electrons. The monoisotopic (exact) mass is 231 g/mol. The average molecular weight is 231 g/mol. The van der Waals surface area contributed by atoms with Crippen molar-refractivity contribution in [2.75, 3.05) is 7.11 Å². The van der Waals surface area contributed by atoms with Gasteiger partial charge < -0.3 is 4.74 Å². The van der Waals surface area contributed by atoms with E-state index in [9.17, 15) is 9.18 Å². The van der Waals surface area contributed by atoms with Crippen LogP contribution < -0.4 is 0 Å². The maximum absolute atomic E-state index is 13.8. The van der Waals surface area contributed by atoms with Crippen LogP contribution in [0.15, 0.2) is 42.6 Å². The number of benzene rings is 1. The lowest BCUT2D eigenvalue weighted by atomic mass is 10.1. The van der Waals surface area contributed by atoms with Gasteiger partial charge in [0.25, 0.3) is 0 Å². The van der Waals surface area contributed by atoms with Crippen molar-refractivity contribution in [1.82, 2.24) is 4.98 Å². The van der Waals surface area contributed by atoms with Crippen molar-refractivity contribution in [2.45, 2.75) is 0 Å². The Balaban J connectivity index is 2.42. The molecule has 0 N–H and O–H groups in total. The summed E-state index contributed by atoms with van der Waals surface area (Å²) in [6.07, 6.45) is 1.30. The number of aromatic nitrogens is 1. The van der Waals surface area contributed by atoms with E-state index in [1.165, 1.54) is 13.3 Å². The van der Waals surface area contributed by atoms with Crippen LogP contribution in [-0.2, 0) is 4.74 Å². The molecule has 17 heavy (non-hydrogen) atoms. The first-order chi connectivity index (χ1) is 8.22. The first kappa shape index (κ1) is 11.3. The molecule has 0 fully saturated rings. The standard InChI is InChI=1S/C13H10FNO2/c1-17-13(16)10-7-11(14)12(15-8-10)9-5-3-2-4-6-9/h2-8H,1H3. The number of halogens is 1. The molecule has 0 saturated carbocycles. The Kier molecular flexibility index (Phi) is 3.14. The molecule has 0 aliphatic carbocycles. The number of carbonyl (C=O) groups is 1. The van der Waals surface area contributed by atoms with Crippen molar-refractivity contribution in [3.05, 3.63) is 54.0 Å². The van der Waals surface area contributed by atoms with Crippen LogP contribution in [0.2, 0.25) is 0 Å². The van der Waals surface area contributed by atoms with Gasteiger partial charge in [0.1, 0.15) is 11.5 Å². The molecule has 1 heterocycles. The number of nitrogens with zero attached hydrogens (tertiary/aromatic N) is 1. The Morgan fingerprint density at radius 3 is 2.59 bits per heavy atom. The van der Waals surface area contributed by atoms with Crippen LogP contribution in [0, 0.1) is 5.82 Å². The van der Waals surface area contributed by atoms with E-state index < -0.39 is 11.8 Å². The molecule has 3 nitrogen and oxygen atoms in total. The molecule has 0 unspecified atom stereocenters. The van der Waals surface area contributed by atoms with Gasteiger partial charge in [-0.15, -0.1) is 0 Å². The van der Waals surface area contributed by atoms with Gasteiger partial charge >= 0.3 is 5.97 Å². The lowest BCUT2D eigenvalue weighted by Crippen LogP contribution is -2.03. The van der Waals surface area contributed by atoms with Crippen LogP contribution in [0.4, 0.5) is 4.39 Å². The quantitative estimate of drug-likeness (QED) is 0.746. The second-order valence-electron chi connectivity index (χ2n) is 3.41. The third-order valence-electron chi connectivity index (χ3n) is 2.31. The van der Waals surface area contributed by atoms with Crippen LogP contribution in [0.5, 0.6) is 0 Å². The highest BCUT2D eigenvalue weighted by Gasteiger charge is 2.12. The lowest BCUT2D eigenvalue weighted by molar-refractivity contribution is 0.0599. The molecule has 0 radical (unpaired) electrons. The summed E-state index contributed by atoms with van der Waals surface area (Å²) < 4.78 is 18.3. The van der Waals surface area contributed by atoms with Gasteiger partial charge in [0, 0.05) is 11.8 Å². The normalized spacial score (nSPS) is 10.0. The number of esters is 1. The smallest absolute Gasteiger partial charge is 0.339 e. The fraction of sp³-hybridized carbons (Fsp3) is 0.0769. The van der Waals surface area contributed by atoms with Crippen LogP contribution in [0.25, 0.3) is 11.3 Å². The van der Waals surface area contributed by atoms with Gasteiger partial charge in [-0.3, -0.25) is 4.98 Å². The minimum absolute atomic E-state index is 0.102. The third kappa shape index (κ3) is 2.30. The molecular formula is C13H10FNO2. The molecule has 2 aromatic rings. The van der Waals surface area contributed by atoms with E-state index in [0.717, 1.165) is 6.07 Å². The highest BCUT2D eigenvalue weighted by atomic mass is 19.1. The molecule has 0 bridgehead atoms. The van der Waals surface area contributed by atoms with E-state index in [2.05, 4.69) is 9.72 Å². The molecule has 0 aliphatic rings. The van der Waals surface area contributed by atoms with E-state index in [1.807, 2.05) is 6.07 Å². The van der Waals surface area contributed by atoms with Gasteiger partial charge in [-0.25, -0.2) is 9.18 Å². The van der Waals surface area contributed by atoms with E-state index in [-0.39, 0.29) is 11.3 Å². The summed E-state index contributed by atoms with van der Waals surface area (Å²) in [5, 5.41) is 0. The Hall–Kier alpha value is -2.23. The Bertz CT molecular complexity index is 540. The van der Waals surface area contributed by atoms with Gasteiger partial charge in [0.05, 0.1) is 12.7 Å². The average Bonchev–Trinajstić information content (AvgIpc) is 2.38. The molecule has 0 spiro atoms. The number of rotatable bonds is 2. The molecule has 0 atom stereocenters. The molecule has 1 aromatic carbocycles. The van der Waals surface area contributed by atoms with E-state index in [1.54, 1.807) is 24.3 Å². The highest BCUT2D eigenvalue weighted by Crippen LogP contribution is 2.20. The molecule has 2 rings (SSSR count). The first-order valence-corrected chi connectivity index (χ1v) is 5.01. The Labute approximate surface area is 97.9 Å². The molecule has 0 amide bonds. The van der Waals surface area contributed by atoms with Crippen molar-refractivity contribution in [2.24, 2.45) is 0 Å². The Morgan fingerprint density at radius 1 is 1.29 bits per heavy atom. The zero-order valence-corrected chi connectivity index (χ0v) is 9.18. The van der Waals surface area contributed by atoms with E-state index >= 15 is 0 Å². The minimum atomic E-state index is -0.601. The molecular weight excluding hydrogens is 221 g/mol. The molecule has 0 saturated heterocycles. The SMILES string of the molecule is COC(=O)c1cnc(-c2ccccc2)c(F)c1. The second-order valence-corrected chi connectivity index (χ2v) is 3.41. The maximum atomic E-state index is 13.8. The summed E-state index contributed by atoms with van der Waals surface area (Å²) in [7, 11) is 1.24. The predicted molar refractivity (Wildman–Crippen MR) is 61.0 cm³/mol. The number of hydrogen-bond donors (Lipinski definition) is 0. The van der Waals surface area contributed by atoms with Gasteiger partial charge in [-0.1, -0.05) is 30.3 Å². The first-order valence-electron chi connectivity index (χ1n) is 5.01. The fourth-order valence-corrected chi connectivity index (χ4v) is 1.48. The highest BCUT2D eigenvalue weighted by molar-refractivity contribution is 5.89. The second kappa shape index (κ2) is 4.74. The van der Waals surface area contributed by atoms with Gasteiger partial charge in [0.2, 0.25) is 0 Å². The Morgan fingerprint density at radius 2 is 2.00 bits per heavy atom. The number of carbonyl (C=O) groups excluding carboxylic acids is 1. The number of ether oxygens (including phenoxy) is 1. The topological polar surface area (TPSA) is 39.2 Å².